The second-order valence-electron chi connectivity index (χ2n) is 8.72. The van der Waals surface area contributed by atoms with Crippen LogP contribution in [0.25, 0.3) is 0 Å². The van der Waals surface area contributed by atoms with Crippen molar-refractivity contribution in [2.24, 2.45) is 11.0 Å². The van der Waals surface area contributed by atoms with Gasteiger partial charge in [-0.15, -0.1) is 11.3 Å². The molecule has 2 N–H and O–H groups in total. The maximum Gasteiger partial charge on any atom is 0.282 e. The van der Waals surface area contributed by atoms with Crippen molar-refractivity contribution in [1.29, 1.82) is 0 Å². The number of halogens is 2. The zero-order valence-corrected chi connectivity index (χ0v) is 23.0. The number of ether oxygens (including phenoxy) is 2. The van der Waals surface area contributed by atoms with E-state index in [0.29, 0.717) is 55.3 Å². The fraction of sp³-hybridized carbons (Fsp3) is 0.360. The fourth-order valence-corrected chi connectivity index (χ4v) is 5.68. The molecule has 0 saturated heterocycles. The van der Waals surface area contributed by atoms with E-state index in [2.05, 4.69) is 16.0 Å². The van der Waals surface area contributed by atoms with Crippen LogP contribution in [0.3, 0.4) is 0 Å². The number of amides is 2. The largest absolute Gasteiger partial charge is 0.379 e. The second kappa shape index (κ2) is 11.3. The molecule has 9 nitrogen and oxygen atoms in total. The van der Waals surface area contributed by atoms with Gasteiger partial charge in [-0.05, 0) is 57.0 Å². The van der Waals surface area contributed by atoms with E-state index in [1.165, 1.54) is 5.01 Å². The number of nitrogens with one attached hydrogen (secondary N) is 2. The van der Waals surface area contributed by atoms with Gasteiger partial charge in [-0.25, -0.2) is 0 Å². The van der Waals surface area contributed by atoms with Crippen LogP contribution in [0.4, 0.5) is 5.69 Å². The zero-order valence-electron chi connectivity index (χ0n) is 20.6. The number of methoxy groups -OCH3 is 2. The molecule has 1 saturated carbocycles. The van der Waals surface area contributed by atoms with Gasteiger partial charge in [0.15, 0.2) is 5.78 Å². The predicted octanol–water partition coefficient (Wildman–Crippen LogP) is 4.61. The number of hydrazone groups is 1. The monoisotopic (exact) mass is 564 g/mol. The lowest BCUT2D eigenvalue weighted by Gasteiger charge is -2.15. The summed E-state index contributed by atoms with van der Waals surface area (Å²) in [6.07, 6.45) is 0.908. The highest BCUT2D eigenvalue weighted by atomic mass is 35.5. The van der Waals surface area contributed by atoms with Gasteiger partial charge in [0.2, 0.25) is 0 Å². The SMILES string of the molecule is COC1CC(C(=O)c2ccc(C(=O)NN/C(C)=C3\C(=O)N(c4ccc(Cl)c(Cl)c4)N=C3C)s2)CC1OC. The third kappa shape index (κ3) is 5.58. The summed E-state index contributed by atoms with van der Waals surface area (Å²) in [6.45, 7) is 3.35. The van der Waals surface area contributed by atoms with E-state index in [0.717, 1.165) is 11.3 Å². The Hall–Kier alpha value is -2.76. The molecule has 4 rings (SSSR count). The molecule has 2 amide bonds. The van der Waals surface area contributed by atoms with Gasteiger partial charge < -0.3 is 14.9 Å². The fourth-order valence-electron chi connectivity index (χ4n) is 4.47. The van der Waals surface area contributed by atoms with Crippen molar-refractivity contribution in [3.8, 4) is 0 Å². The van der Waals surface area contributed by atoms with Gasteiger partial charge in [0.25, 0.3) is 11.8 Å². The molecule has 1 fully saturated rings. The molecule has 1 aliphatic heterocycles. The number of carbonyl (C=O) groups is 3. The van der Waals surface area contributed by atoms with Gasteiger partial charge in [-0.1, -0.05) is 23.2 Å². The third-order valence-electron chi connectivity index (χ3n) is 6.40. The van der Waals surface area contributed by atoms with E-state index < -0.39 is 5.91 Å². The van der Waals surface area contributed by atoms with E-state index in [-0.39, 0.29) is 29.8 Å². The molecule has 196 valence electrons. The number of hydrogen-bond donors (Lipinski definition) is 2. The van der Waals surface area contributed by atoms with E-state index in [4.69, 9.17) is 32.7 Å². The average molecular weight is 565 g/mol. The van der Waals surface area contributed by atoms with Crippen molar-refractivity contribution in [3.05, 3.63) is 61.4 Å². The lowest BCUT2D eigenvalue weighted by molar-refractivity contribution is -0.114. The summed E-state index contributed by atoms with van der Waals surface area (Å²) in [4.78, 5) is 39.6. The molecule has 0 spiro atoms. The van der Waals surface area contributed by atoms with Crippen LogP contribution >= 0.6 is 34.5 Å². The first-order valence-electron chi connectivity index (χ1n) is 11.5. The Morgan fingerprint density at radius 3 is 2.30 bits per heavy atom. The molecular weight excluding hydrogens is 539 g/mol. The second-order valence-corrected chi connectivity index (χ2v) is 10.6. The highest BCUT2D eigenvalue weighted by molar-refractivity contribution is 7.16. The Labute approximate surface area is 228 Å². The van der Waals surface area contributed by atoms with Crippen LogP contribution in [0.2, 0.25) is 10.0 Å². The predicted molar refractivity (Wildman–Crippen MR) is 143 cm³/mol. The molecule has 2 aliphatic rings. The van der Waals surface area contributed by atoms with Gasteiger partial charge >= 0.3 is 0 Å². The number of ketones is 1. The molecule has 0 radical (unpaired) electrons. The van der Waals surface area contributed by atoms with Crippen LogP contribution in [0.15, 0.2) is 46.7 Å². The minimum atomic E-state index is -0.429. The standard InChI is InChI=1S/C25H26Cl2N4O5S/c1-12(22-13(2)30-31(25(22)34)15-5-6-16(26)17(27)11-15)28-29-24(33)21-8-7-20(37-21)23(32)14-9-18(35-3)19(10-14)36-4/h5-8,11,14,18-19,28H,9-10H2,1-4H3,(H,29,33)/b22-12-. The molecule has 2 heterocycles. The first-order valence-corrected chi connectivity index (χ1v) is 13.0. The Kier molecular flexibility index (Phi) is 8.35. The normalized spacial score (nSPS) is 22.8. The van der Waals surface area contributed by atoms with Gasteiger partial charge in [0.1, 0.15) is 0 Å². The summed E-state index contributed by atoms with van der Waals surface area (Å²) >= 11 is 13.2. The van der Waals surface area contributed by atoms with Crippen LogP contribution in [0.5, 0.6) is 0 Å². The summed E-state index contributed by atoms with van der Waals surface area (Å²) < 4.78 is 10.9. The van der Waals surface area contributed by atoms with Crippen molar-refractivity contribution in [2.75, 3.05) is 19.2 Å². The zero-order chi connectivity index (χ0) is 26.9. The van der Waals surface area contributed by atoms with Crippen molar-refractivity contribution in [3.63, 3.8) is 0 Å². The number of allylic oxidation sites excluding steroid dienone is 1. The van der Waals surface area contributed by atoms with Gasteiger partial charge in [-0.2, -0.15) is 10.1 Å². The number of carbonyl (C=O) groups excluding carboxylic acids is 3. The maximum atomic E-state index is 13.0. The lowest BCUT2D eigenvalue weighted by Crippen LogP contribution is -2.37. The molecule has 1 aromatic carbocycles. The number of rotatable bonds is 8. The smallest absolute Gasteiger partial charge is 0.282 e. The van der Waals surface area contributed by atoms with Crippen LogP contribution in [-0.4, -0.2) is 49.7 Å². The van der Waals surface area contributed by atoms with E-state index >= 15 is 0 Å². The number of hydrazine groups is 1. The van der Waals surface area contributed by atoms with Gasteiger partial charge in [0.05, 0.1) is 49.0 Å². The summed E-state index contributed by atoms with van der Waals surface area (Å²) in [7, 11) is 3.22. The first kappa shape index (κ1) is 27.3. The molecule has 0 bridgehead atoms. The third-order valence-corrected chi connectivity index (χ3v) is 8.24. The van der Waals surface area contributed by atoms with E-state index in [1.807, 2.05) is 0 Å². The van der Waals surface area contributed by atoms with Crippen LogP contribution in [0.1, 0.15) is 46.0 Å². The molecular formula is C25H26Cl2N4O5S. The summed E-state index contributed by atoms with van der Waals surface area (Å²) in [5.74, 6) is -1.05. The minimum absolute atomic E-state index is 0.0253. The highest BCUT2D eigenvalue weighted by Gasteiger charge is 2.39. The van der Waals surface area contributed by atoms with Gasteiger partial charge in [-0.3, -0.25) is 19.8 Å². The topological polar surface area (TPSA) is 109 Å². The summed E-state index contributed by atoms with van der Waals surface area (Å²) in [6, 6.07) is 8.04. The Balaban J connectivity index is 1.40. The molecule has 2 unspecified atom stereocenters. The van der Waals surface area contributed by atoms with Crippen LogP contribution in [-0.2, 0) is 14.3 Å². The van der Waals surface area contributed by atoms with E-state index in [1.54, 1.807) is 58.4 Å². The number of thiophene rings is 1. The Morgan fingerprint density at radius 1 is 1.03 bits per heavy atom. The van der Waals surface area contributed by atoms with Crippen molar-refractivity contribution in [2.45, 2.75) is 38.9 Å². The van der Waals surface area contributed by atoms with Crippen molar-refractivity contribution < 1.29 is 23.9 Å². The first-order chi connectivity index (χ1) is 17.6. The summed E-state index contributed by atoms with van der Waals surface area (Å²) in [5, 5.41) is 6.21. The lowest BCUT2D eigenvalue weighted by atomic mass is 10.0. The van der Waals surface area contributed by atoms with Gasteiger partial charge in [0, 0.05) is 25.8 Å². The molecule has 12 heteroatoms. The van der Waals surface area contributed by atoms with Crippen LogP contribution < -0.4 is 15.9 Å². The van der Waals surface area contributed by atoms with E-state index in [9.17, 15) is 14.4 Å². The number of benzene rings is 1. The van der Waals surface area contributed by atoms with Crippen LogP contribution in [0, 0.1) is 5.92 Å². The number of hydrogen-bond acceptors (Lipinski definition) is 8. The molecule has 1 aliphatic carbocycles. The highest BCUT2D eigenvalue weighted by Crippen LogP contribution is 2.34. The summed E-state index contributed by atoms with van der Waals surface area (Å²) in [5.41, 5.74) is 7.05. The molecule has 2 aromatic rings. The Bertz CT molecular complexity index is 1300. The van der Waals surface area contributed by atoms with Crippen molar-refractivity contribution in [1.82, 2.24) is 10.9 Å². The Morgan fingerprint density at radius 2 is 1.68 bits per heavy atom. The quantitative estimate of drug-likeness (QED) is 0.275. The number of Topliss-reactive ketones (excluding diaryl/α,β-unsaturated/α-hetero) is 1. The molecule has 2 atom stereocenters. The number of nitrogens with zero attached hydrogens (tertiary/aromatic N) is 2. The average Bonchev–Trinajstić information content (AvgIpc) is 3.60. The minimum Gasteiger partial charge on any atom is -0.379 e. The molecule has 1 aromatic heterocycles. The maximum absolute atomic E-state index is 13.0. The van der Waals surface area contributed by atoms with Crippen molar-refractivity contribution >= 4 is 63.5 Å². The number of anilines is 1. The molecule has 37 heavy (non-hydrogen) atoms.